The molecule has 0 atom stereocenters. The topological polar surface area (TPSA) is 106 Å². The summed E-state index contributed by atoms with van der Waals surface area (Å²) in [7, 11) is 2.07. The van der Waals surface area contributed by atoms with E-state index >= 15 is 0 Å². The minimum Gasteiger partial charge on any atom is -0.494 e. The number of nitrogens with zero attached hydrogens (tertiary/aromatic N) is 6. The van der Waals surface area contributed by atoms with E-state index in [9.17, 15) is 14.9 Å². The third-order valence-corrected chi connectivity index (χ3v) is 6.77. The fourth-order valence-electron chi connectivity index (χ4n) is 4.72. The largest absolute Gasteiger partial charge is 0.494 e. The summed E-state index contributed by atoms with van der Waals surface area (Å²) >= 11 is 0. The van der Waals surface area contributed by atoms with Crippen LogP contribution in [0.2, 0.25) is 0 Å². The first-order valence-electron chi connectivity index (χ1n) is 13.1. The number of anilines is 1. The van der Waals surface area contributed by atoms with Gasteiger partial charge in [0.2, 0.25) is 0 Å². The molecule has 0 spiro atoms. The number of nitro groups is 1. The van der Waals surface area contributed by atoms with Crippen molar-refractivity contribution >= 4 is 22.9 Å². The van der Waals surface area contributed by atoms with Crippen LogP contribution in [-0.4, -0.2) is 54.2 Å². The molecular formula is C30H30N6O4. The van der Waals surface area contributed by atoms with Gasteiger partial charge in [0.1, 0.15) is 17.3 Å². The highest BCUT2D eigenvalue weighted by Gasteiger charge is 2.25. The van der Waals surface area contributed by atoms with Crippen LogP contribution in [-0.2, 0) is 0 Å². The van der Waals surface area contributed by atoms with Gasteiger partial charge in [0.05, 0.1) is 22.9 Å². The zero-order chi connectivity index (χ0) is 28.1. The van der Waals surface area contributed by atoms with E-state index in [-0.39, 0.29) is 11.2 Å². The molecule has 4 aromatic rings. The van der Waals surface area contributed by atoms with Crippen molar-refractivity contribution in [3.63, 3.8) is 0 Å². The predicted octanol–water partition coefficient (Wildman–Crippen LogP) is 5.98. The van der Waals surface area contributed by atoms with Crippen LogP contribution < -0.4 is 15.2 Å². The van der Waals surface area contributed by atoms with Gasteiger partial charge in [0.15, 0.2) is 0 Å². The smallest absolute Gasteiger partial charge is 0.271 e. The third kappa shape index (κ3) is 5.76. The second-order valence-electron chi connectivity index (χ2n) is 9.46. The second-order valence-corrected chi connectivity index (χ2v) is 9.46. The molecule has 0 unspecified atom stereocenters. The summed E-state index contributed by atoms with van der Waals surface area (Å²) in [5.74, 6) is 1.35. The van der Waals surface area contributed by atoms with Crippen molar-refractivity contribution in [1.82, 2.24) is 9.47 Å². The Morgan fingerprint density at radius 2 is 1.62 bits per heavy atom. The summed E-state index contributed by atoms with van der Waals surface area (Å²) in [4.78, 5) is 29.1. The number of benzene rings is 3. The van der Waals surface area contributed by atoms with E-state index in [1.807, 2.05) is 61.5 Å². The molecular weight excluding hydrogens is 508 g/mol. The Balaban J connectivity index is 1.75. The maximum Gasteiger partial charge on any atom is 0.271 e. The molecule has 1 aromatic heterocycles. The molecule has 1 aliphatic rings. The van der Waals surface area contributed by atoms with Gasteiger partial charge in [0, 0.05) is 49.9 Å². The Morgan fingerprint density at radius 1 is 0.900 bits per heavy atom. The number of hydrogen-bond donors (Lipinski definition) is 0. The Labute approximate surface area is 231 Å². The molecule has 0 N–H and O–H groups in total. The third-order valence-electron chi connectivity index (χ3n) is 6.77. The summed E-state index contributed by atoms with van der Waals surface area (Å²) in [5.41, 5.74) is 2.69. The van der Waals surface area contributed by atoms with Crippen LogP contribution in [0.4, 0.5) is 22.9 Å². The molecule has 2 heterocycles. The number of azo groups is 1. The molecule has 10 nitrogen and oxygen atoms in total. The molecule has 40 heavy (non-hydrogen) atoms. The van der Waals surface area contributed by atoms with Gasteiger partial charge in [-0.3, -0.25) is 19.5 Å². The Morgan fingerprint density at radius 3 is 2.30 bits per heavy atom. The van der Waals surface area contributed by atoms with Crippen molar-refractivity contribution in [2.45, 2.75) is 6.92 Å². The number of ether oxygens (including phenoxy) is 1. The van der Waals surface area contributed by atoms with Crippen LogP contribution in [0.1, 0.15) is 6.92 Å². The van der Waals surface area contributed by atoms with Gasteiger partial charge in [-0.1, -0.05) is 36.4 Å². The van der Waals surface area contributed by atoms with E-state index in [4.69, 9.17) is 4.74 Å². The molecule has 10 heteroatoms. The Hall–Kier alpha value is -4.83. The van der Waals surface area contributed by atoms with E-state index in [1.165, 1.54) is 12.1 Å². The maximum atomic E-state index is 13.8. The number of rotatable bonds is 8. The lowest BCUT2D eigenvalue weighted by molar-refractivity contribution is -0.384. The molecule has 0 radical (unpaired) electrons. The lowest BCUT2D eigenvalue weighted by atomic mass is 10.0. The van der Waals surface area contributed by atoms with Crippen LogP contribution >= 0.6 is 0 Å². The number of non-ortho nitro benzene ring substituents is 1. The monoisotopic (exact) mass is 538 g/mol. The van der Waals surface area contributed by atoms with E-state index in [2.05, 4.69) is 27.1 Å². The molecule has 5 rings (SSSR count). The van der Waals surface area contributed by atoms with Crippen LogP contribution in [0.15, 0.2) is 100.0 Å². The number of hydrogen-bond acceptors (Lipinski definition) is 8. The van der Waals surface area contributed by atoms with Crippen LogP contribution in [0.25, 0.3) is 16.8 Å². The van der Waals surface area contributed by atoms with Crippen LogP contribution in [0, 0.1) is 10.1 Å². The first kappa shape index (κ1) is 26.8. The van der Waals surface area contributed by atoms with Gasteiger partial charge in [-0.25, -0.2) is 0 Å². The second kappa shape index (κ2) is 11.9. The first-order chi connectivity index (χ1) is 19.4. The molecule has 0 bridgehead atoms. The van der Waals surface area contributed by atoms with Crippen molar-refractivity contribution in [3.8, 4) is 22.6 Å². The molecule has 1 saturated heterocycles. The number of aromatic nitrogens is 1. The van der Waals surface area contributed by atoms with Gasteiger partial charge in [0.25, 0.3) is 11.2 Å². The van der Waals surface area contributed by atoms with Gasteiger partial charge in [-0.2, -0.15) is 5.11 Å². The van der Waals surface area contributed by atoms with Gasteiger partial charge in [-0.05, 0) is 49.9 Å². The van der Waals surface area contributed by atoms with Crippen molar-refractivity contribution in [2.75, 3.05) is 44.7 Å². The fraction of sp³-hybridized carbons (Fsp3) is 0.233. The van der Waals surface area contributed by atoms with Gasteiger partial charge in [-0.15, -0.1) is 5.11 Å². The lowest BCUT2D eigenvalue weighted by Crippen LogP contribution is -2.46. The van der Waals surface area contributed by atoms with Crippen LogP contribution in [0.3, 0.4) is 0 Å². The quantitative estimate of drug-likeness (QED) is 0.155. The number of piperazine rings is 1. The SMILES string of the molecule is CCOc1ccc(-c2cc(=O)n(-c3ccccc3)c(N3CCN(C)CC3)c2N=Nc2cccc([N+](=O)[O-])c2)cc1. The van der Waals surface area contributed by atoms with Crippen molar-refractivity contribution in [1.29, 1.82) is 0 Å². The van der Waals surface area contributed by atoms with Crippen molar-refractivity contribution in [3.05, 3.63) is 105 Å². The summed E-state index contributed by atoms with van der Waals surface area (Å²) in [6, 6.07) is 24.6. The van der Waals surface area contributed by atoms with Crippen LogP contribution in [0.5, 0.6) is 5.75 Å². The molecule has 204 valence electrons. The van der Waals surface area contributed by atoms with E-state index in [1.54, 1.807) is 22.8 Å². The zero-order valence-corrected chi connectivity index (χ0v) is 22.4. The fourth-order valence-corrected chi connectivity index (χ4v) is 4.72. The standard InChI is InChI=1S/C30H30N6O4/c1-3-40-26-14-12-22(13-15-26)27-21-28(37)35(24-9-5-4-6-10-24)30(34-18-16-33(2)17-19-34)29(27)32-31-23-8-7-11-25(20-23)36(38)39/h4-15,20-21H,3,16-19H2,1-2H3. The van der Waals surface area contributed by atoms with Gasteiger partial charge >= 0.3 is 0 Å². The Bertz CT molecular complexity index is 1580. The molecule has 1 fully saturated rings. The summed E-state index contributed by atoms with van der Waals surface area (Å²) in [6.07, 6.45) is 0. The van der Waals surface area contributed by atoms with E-state index in [0.29, 0.717) is 48.1 Å². The van der Waals surface area contributed by atoms with Crippen molar-refractivity contribution < 1.29 is 9.66 Å². The normalized spacial score (nSPS) is 14.0. The van der Waals surface area contributed by atoms with E-state index in [0.717, 1.165) is 24.4 Å². The maximum absolute atomic E-state index is 13.8. The highest BCUT2D eigenvalue weighted by atomic mass is 16.6. The Kier molecular flexibility index (Phi) is 7.97. The lowest BCUT2D eigenvalue weighted by Gasteiger charge is -2.36. The predicted molar refractivity (Wildman–Crippen MR) is 156 cm³/mol. The average molecular weight is 539 g/mol. The van der Waals surface area contributed by atoms with Gasteiger partial charge < -0.3 is 14.5 Å². The minimum atomic E-state index is -0.463. The summed E-state index contributed by atoms with van der Waals surface area (Å²) in [6.45, 7) is 5.48. The molecule has 0 saturated carbocycles. The summed E-state index contributed by atoms with van der Waals surface area (Å²) < 4.78 is 7.29. The summed E-state index contributed by atoms with van der Waals surface area (Å²) in [5, 5.41) is 20.5. The number of nitro benzene ring substituents is 1. The van der Waals surface area contributed by atoms with E-state index < -0.39 is 4.92 Å². The number of pyridine rings is 1. The molecule has 1 aliphatic heterocycles. The highest BCUT2D eigenvalue weighted by molar-refractivity contribution is 5.84. The first-order valence-corrected chi connectivity index (χ1v) is 13.1. The zero-order valence-electron chi connectivity index (χ0n) is 22.4. The molecule has 3 aromatic carbocycles. The average Bonchev–Trinajstić information content (AvgIpc) is 2.97. The minimum absolute atomic E-state index is 0.0725. The highest BCUT2D eigenvalue weighted by Crippen LogP contribution is 2.40. The number of para-hydroxylation sites is 1. The molecule has 0 amide bonds. The number of likely N-dealkylation sites (N-methyl/N-ethyl adjacent to an activating group) is 1. The van der Waals surface area contributed by atoms with Crippen molar-refractivity contribution in [2.24, 2.45) is 10.2 Å². The molecule has 0 aliphatic carbocycles.